The molecule has 6 heteroatoms. The maximum absolute atomic E-state index is 12.6. The van der Waals surface area contributed by atoms with Gasteiger partial charge in [0.1, 0.15) is 25.4 Å². The predicted molar refractivity (Wildman–Crippen MR) is 70.9 cm³/mol. The molecule has 3 rings (SSSR count). The van der Waals surface area contributed by atoms with Crippen LogP contribution < -0.4 is 9.55 Å². The number of hydrogen-bond acceptors (Lipinski definition) is 4. The highest BCUT2D eigenvalue weighted by molar-refractivity contribution is 5.89. The summed E-state index contributed by atoms with van der Waals surface area (Å²) in [6.45, 7) is 2.83. The SMILES string of the molecule is O=C1OCCN1c1ccc([N+]2([O-])CCOCC2)cc1. The van der Waals surface area contributed by atoms with Gasteiger partial charge >= 0.3 is 6.09 Å². The topological polar surface area (TPSA) is 61.8 Å². The van der Waals surface area contributed by atoms with Crippen molar-refractivity contribution in [2.45, 2.75) is 0 Å². The molecule has 1 aromatic carbocycles. The molecule has 0 aromatic heterocycles. The summed E-state index contributed by atoms with van der Waals surface area (Å²) in [7, 11) is 0. The molecule has 2 heterocycles. The lowest BCUT2D eigenvalue weighted by Crippen LogP contribution is -2.51. The van der Waals surface area contributed by atoms with Crippen molar-refractivity contribution in [1.82, 2.24) is 4.65 Å². The number of benzene rings is 1. The van der Waals surface area contributed by atoms with Crippen molar-refractivity contribution in [3.8, 4) is 0 Å². The third kappa shape index (κ3) is 2.30. The summed E-state index contributed by atoms with van der Waals surface area (Å²) in [4.78, 5) is 13.0. The van der Waals surface area contributed by atoms with Crippen molar-refractivity contribution in [2.24, 2.45) is 0 Å². The largest absolute Gasteiger partial charge is 0.627 e. The normalized spacial score (nSPS) is 22.4. The molecule has 0 bridgehead atoms. The number of rotatable bonds is 2. The number of hydroxylamine groups is 2. The van der Waals surface area contributed by atoms with Gasteiger partial charge in [-0.2, -0.15) is 0 Å². The van der Waals surface area contributed by atoms with Gasteiger partial charge < -0.3 is 19.3 Å². The van der Waals surface area contributed by atoms with Gasteiger partial charge in [0.25, 0.3) is 0 Å². The van der Waals surface area contributed by atoms with Gasteiger partial charge in [0.15, 0.2) is 0 Å². The van der Waals surface area contributed by atoms with Gasteiger partial charge in [0.2, 0.25) is 0 Å². The molecular weight excluding hydrogens is 248 g/mol. The van der Waals surface area contributed by atoms with E-state index in [1.807, 2.05) is 0 Å². The highest BCUT2D eigenvalue weighted by Crippen LogP contribution is 2.27. The van der Waals surface area contributed by atoms with Gasteiger partial charge in [-0.3, -0.25) is 4.90 Å². The van der Waals surface area contributed by atoms with Crippen LogP contribution in [0.5, 0.6) is 0 Å². The van der Waals surface area contributed by atoms with Crippen molar-refractivity contribution >= 4 is 17.5 Å². The fourth-order valence-corrected chi connectivity index (χ4v) is 2.43. The number of quaternary nitrogens is 1. The second kappa shape index (κ2) is 4.80. The van der Waals surface area contributed by atoms with E-state index in [2.05, 4.69) is 0 Å². The minimum Gasteiger partial charge on any atom is -0.627 e. The number of amides is 1. The molecule has 2 saturated heterocycles. The Balaban J connectivity index is 1.80. The van der Waals surface area contributed by atoms with Crippen LogP contribution in [-0.4, -0.2) is 45.5 Å². The number of anilines is 1. The van der Waals surface area contributed by atoms with Crippen LogP contribution in [0.3, 0.4) is 0 Å². The molecule has 0 saturated carbocycles. The first-order chi connectivity index (χ1) is 9.19. The number of carbonyl (C=O) groups excluding carboxylic acids is 1. The molecule has 2 aliphatic rings. The average Bonchev–Trinajstić information content (AvgIpc) is 2.86. The summed E-state index contributed by atoms with van der Waals surface area (Å²) in [6.07, 6.45) is -0.329. The molecule has 1 amide bonds. The van der Waals surface area contributed by atoms with Crippen LogP contribution >= 0.6 is 0 Å². The Labute approximate surface area is 111 Å². The number of cyclic esters (lactones) is 1. The van der Waals surface area contributed by atoms with Crippen LogP contribution in [0.25, 0.3) is 0 Å². The average molecular weight is 264 g/mol. The zero-order valence-electron chi connectivity index (χ0n) is 10.6. The van der Waals surface area contributed by atoms with Gasteiger partial charge in [0.05, 0.1) is 19.8 Å². The fraction of sp³-hybridized carbons (Fsp3) is 0.462. The van der Waals surface area contributed by atoms with E-state index in [0.29, 0.717) is 45.1 Å². The molecule has 2 aliphatic heterocycles. The third-order valence-electron chi connectivity index (χ3n) is 3.59. The quantitative estimate of drug-likeness (QED) is 0.599. The van der Waals surface area contributed by atoms with Crippen molar-refractivity contribution in [1.29, 1.82) is 0 Å². The van der Waals surface area contributed by atoms with Gasteiger partial charge in [0, 0.05) is 17.8 Å². The van der Waals surface area contributed by atoms with Gasteiger partial charge in [-0.1, -0.05) is 0 Å². The fourth-order valence-electron chi connectivity index (χ4n) is 2.43. The van der Waals surface area contributed by atoms with E-state index >= 15 is 0 Å². The van der Waals surface area contributed by atoms with E-state index in [0.717, 1.165) is 5.69 Å². The molecular formula is C13H16N2O4. The molecule has 0 unspecified atom stereocenters. The molecule has 0 N–H and O–H groups in total. The van der Waals surface area contributed by atoms with Crippen molar-refractivity contribution < 1.29 is 14.3 Å². The third-order valence-corrected chi connectivity index (χ3v) is 3.59. The Hall–Kier alpha value is -1.63. The van der Waals surface area contributed by atoms with E-state index in [1.165, 1.54) is 0 Å². The number of hydrogen-bond donors (Lipinski definition) is 0. The predicted octanol–water partition coefficient (Wildman–Crippen LogP) is 1.48. The van der Waals surface area contributed by atoms with E-state index in [4.69, 9.17) is 9.47 Å². The Kier molecular flexibility index (Phi) is 3.14. The standard InChI is InChI=1S/C13H16N2O4/c16-13-14(5-8-19-13)11-1-3-12(4-2-11)15(17)6-9-18-10-7-15/h1-4H,5-10H2. The second-order valence-corrected chi connectivity index (χ2v) is 4.73. The van der Waals surface area contributed by atoms with Crippen LogP contribution in [0.2, 0.25) is 0 Å². The summed E-state index contributed by atoms with van der Waals surface area (Å²) in [5, 5.41) is 12.6. The first-order valence-corrected chi connectivity index (χ1v) is 6.40. The van der Waals surface area contributed by atoms with Crippen LogP contribution in [0.4, 0.5) is 16.2 Å². The number of carbonyl (C=O) groups is 1. The molecule has 19 heavy (non-hydrogen) atoms. The van der Waals surface area contributed by atoms with Crippen LogP contribution in [0, 0.1) is 5.21 Å². The lowest BCUT2D eigenvalue weighted by atomic mass is 10.2. The smallest absolute Gasteiger partial charge is 0.414 e. The molecule has 0 spiro atoms. The maximum atomic E-state index is 12.6. The lowest BCUT2D eigenvalue weighted by Gasteiger charge is -2.44. The van der Waals surface area contributed by atoms with E-state index in [9.17, 15) is 10.0 Å². The number of nitrogens with zero attached hydrogens (tertiary/aromatic N) is 2. The summed E-state index contributed by atoms with van der Waals surface area (Å²) >= 11 is 0. The van der Waals surface area contributed by atoms with E-state index in [-0.39, 0.29) is 10.7 Å². The van der Waals surface area contributed by atoms with E-state index < -0.39 is 0 Å². The van der Waals surface area contributed by atoms with Gasteiger partial charge in [-0.25, -0.2) is 4.79 Å². The zero-order chi connectivity index (χ0) is 13.3. The van der Waals surface area contributed by atoms with Crippen molar-refractivity contribution in [2.75, 3.05) is 44.4 Å². The molecule has 0 aliphatic carbocycles. The molecule has 6 nitrogen and oxygen atoms in total. The van der Waals surface area contributed by atoms with Crippen molar-refractivity contribution in [3.63, 3.8) is 0 Å². The van der Waals surface area contributed by atoms with Gasteiger partial charge in [-0.05, 0) is 12.1 Å². The molecule has 0 radical (unpaired) electrons. The number of morpholine rings is 1. The molecule has 102 valence electrons. The summed E-state index contributed by atoms with van der Waals surface area (Å²) in [5.41, 5.74) is 1.48. The summed E-state index contributed by atoms with van der Waals surface area (Å²) < 4.78 is 9.76. The Morgan fingerprint density at radius 2 is 1.79 bits per heavy atom. The molecule has 1 aromatic rings. The van der Waals surface area contributed by atoms with Crippen LogP contribution in [-0.2, 0) is 9.47 Å². The maximum Gasteiger partial charge on any atom is 0.414 e. The van der Waals surface area contributed by atoms with E-state index in [1.54, 1.807) is 29.2 Å². The minimum absolute atomic E-state index is 0.329. The summed E-state index contributed by atoms with van der Waals surface area (Å²) in [5.74, 6) is 0. The first-order valence-electron chi connectivity index (χ1n) is 6.40. The Bertz CT molecular complexity index is 468. The highest BCUT2D eigenvalue weighted by Gasteiger charge is 2.26. The minimum atomic E-state index is -0.356. The molecule has 2 fully saturated rings. The lowest BCUT2D eigenvalue weighted by molar-refractivity contribution is 0.0615. The second-order valence-electron chi connectivity index (χ2n) is 4.73. The first kappa shape index (κ1) is 12.4. The van der Waals surface area contributed by atoms with Crippen LogP contribution in [0.15, 0.2) is 24.3 Å². The number of ether oxygens (including phenoxy) is 2. The van der Waals surface area contributed by atoms with Crippen molar-refractivity contribution in [3.05, 3.63) is 29.5 Å². The monoisotopic (exact) mass is 264 g/mol. The Morgan fingerprint density at radius 1 is 1.11 bits per heavy atom. The van der Waals surface area contributed by atoms with Gasteiger partial charge in [-0.15, -0.1) is 0 Å². The van der Waals surface area contributed by atoms with Crippen LogP contribution in [0.1, 0.15) is 0 Å². The molecule has 0 atom stereocenters. The summed E-state index contributed by atoms with van der Waals surface area (Å²) in [6, 6.07) is 7.18. The zero-order valence-corrected chi connectivity index (χ0v) is 10.6. The Morgan fingerprint density at radius 3 is 2.37 bits per heavy atom. The highest BCUT2D eigenvalue weighted by atomic mass is 16.6.